The summed E-state index contributed by atoms with van der Waals surface area (Å²) in [6.45, 7) is 8.90. The molecule has 1 heterocycles. The van der Waals surface area contributed by atoms with Gasteiger partial charge in [-0.3, -0.25) is 5.10 Å². The molecule has 0 saturated heterocycles. The van der Waals surface area contributed by atoms with E-state index in [1.165, 1.54) is 22.0 Å². The number of aryl methyl sites for hydroxylation is 1. The van der Waals surface area contributed by atoms with Crippen molar-refractivity contribution in [3.63, 3.8) is 0 Å². The summed E-state index contributed by atoms with van der Waals surface area (Å²) in [5, 5.41) is 8.48. The molecule has 1 aromatic heterocycles. The van der Waals surface area contributed by atoms with Gasteiger partial charge in [0.05, 0.1) is 11.7 Å². The lowest BCUT2D eigenvalue weighted by Gasteiger charge is -2.18. The summed E-state index contributed by atoms with van der Waals surface area (Å²) in [7, 11) is 0. The third-order valence-electron chi connectivity index (χ3n) is 2.64. The third kappa shape index (κ3) is 2.04. The Labute approximate surface area is 90.7 Å². The van der Waals surface area contributed by atoms with Crippen molar-refractivity contribution >= 4 is 10.9 Å². The van der Waals surface area contributed by atoms with Crippen molar-refractivity contribution in [2.75, 3.05) is 0 Å². The number of H-pyrrole nitrogens is 1. The minimum Gasteiger partial charge on any atom is -0.278 e. The summed E-state index contributed by atoms with van der Waals surface area (Å²) < 4.78 is 0. The molecule has 0 amide bonds. The van der Waals surface area contributed by atoms with Crippen LogP contribution in [-0.4, -0.2) is 10.2 Å². The van der Waals surface area contributed by atoms with E-state index < -0.39 is 0 Å². The summed E-state index contributed by atoms with van der Waals surface area (Å²) in [6, 6.07) is 4.39. The maximum absolute atomic E-state index is 4.13. The van der Waals surface area contributed by atoms with Crippen molar-refractivity contribution in [3.05, 3.63) is 29.5 Å². The maximum Gasteiger partial charge on any atom is 0.0685 e. The largest absolute Gasteiger partial charge is 0.278 e. The molecular weight excluding hydrogens is 184 g/mol. The molecule has 2 heteroatoms. The van der Waals surface area contributed by atoms with Gasteiger partial charge in [-0.05, 0) is 29.9 Å². The quantitative estimate of drug-likeness (QED) is 0.753. The highest BCUT2D eigenvalue weighted by molar-refractivity contribution is 5.84. The average Bonchev–Trinajstić information content (AvgIpc) is 2.57. The van der Waals surface area contributed by atoms with Crippen LogP contribution in [0.1, 0.15) is 31.9 Å². The first-order chi connectivity index (χ1) is 6.97. The van der Waals surface area contributed by atoms with Gasteiger partial charge in [0.1, 0.15) is 0 Å². The molecule has 1 N–H and O–H groups in total. The molecule has 0 aliphatic rings. The van der Waals surface area contributed by atoms with E-state index in [-0.39, 0.29) is 0 Å². The number of rotatable bonds is 1. The average molecular weight is 202 g/mol. The molecule has 0 radical (unpaired) electrons. The lowest BCUT2D eigenvalue weighted by molar-refractivity contribution is 0.412. The summed E-state index contributed by atoms with van der Waals surface area (Å²) in [6.07, 6.45) is 2.99. The second kappa shape index (κ2) is 3.37. The molecule has 0 unspecified atom stereocenters. The molecule has 15 heavy (non-hydrogen) atoms. The normalized spacial score (nSPS) is 12.3. The third-order valence-corrected chi connectivity index (χ3v) is 2.64. The van der Waals surface area contributed by atoms with Gasteiger partial charge in [0.15, 0.2) is 0 Å². The molecule has 2 aromatic rings. The van der Waals surface area contributed by atoms with Gasteiger partial charge in [0.2, 0.25) is 0 Å². The molecular formula is C13H18N2. The number of nitrogens with zero attached hydrogens (tertiary/aromatic N) is 1. The van der Waals surface area contributed by atoms with Crippen LogP contribution in [0.2, 0.25) is 0 Å². The van der Waals surface area contributed by atoms with E-state index in [1.807, 2.05) is 6.20 Å². The van der Waals surface area contributed by atoms with Gasteiger partial charge in [0, 0.05) is 5.39 Å². The van der Waals surface area contributed by atoms with Gasteiger partial charge in [-0.15, -0.1) is 0 Å². The van der Waals surface area contributed by atoms with Gasteiger partial charge in [-0.2, -0.15) is 5.10 Å². The zero-order valence-corrected chi connectivity index (χ0v) is 9.89. The van der Waals surface area contributed by atoms with Crippen LogP contribution < -0.4 is 0 Å². The summed E-state index contributed by atoms with van der Waals surface area (Å²) in [4.78, 5) is 0. The fraction of sp³-hybridized carbons (Fsp3) is 0.462. The number of fused-ring (bicyclic) bond motifs is 1. The minimum absolute atomic E-state index is 0.313. The number of aromatic nitrogens is 2. The predicted molar refractivity (Wildman–Crippen MR) is 64.0 cm³/mol. The van der Waals surface area contributed by atoms with Gasteiger partial charge in [-0.1, -0.05) is 32.9 Å². The Morgan fingerprint density at radius 1 is 1.27 bits per heavy atom. The molecule has 0 aliphatic carbocycles. The summed E-state index contributed by atoms with van der Waals surface area (Å²) in [5.41, 5.74) is 4.16. The first kappa shape index (κ1) is 10.2. The van der Waals surface area contributed by atoms with E-state index in [2.05, 4.69) is 50.0 Å². The van der Waals surface area contributed by atoms with Crippen LogP contribution >= 0.6 is 0 Å². The standard InChI is InChI=1S/C13H18N2/c1-9-5-6-10(7-13(2,3)4)12-11(9)8-14-15-12/h5-6,8H,7H2,1-4H3,(H,14,15). The number of aromatic amines is 1. The van der Waals surface area contributed by atoms with Crippen LogP contribution in [0.15, 0.2) is 18.3 Å². The van der Waals surface area contributed by atoms with E-state index in [0.29, 0.717) is 5.41 Å². The smallest absolute Gasteiger partial charge is 0.0685 e. The number of nitrogens with one attached hydrogen (secondary N) is 1. The molecule has 2 nitrogen and oxygen atoms in total. The molecule has 0 spiro atoms. The van der Waals surface area contributed by atoms with Crippen LogP contribution in [0.4, 0.5) is 0 Å². The molecule has 80 valence electrons. The maximum atomic E-state index is 4.13. The minimum atomic E-state index is 0.313. The number of hydrogen-bond acceptors (Lipinski definition) is 1. The van der Waals surface area contributed by atoms with Crippen molar-refractivity contribution in [2.24, 2.45) is 5.41 Å². The Morgan fingerprint density at radius 2 is 2.00 bits per heavy atom. The van der Waals surface area contributed by atoms with E-state index in [4.69, 9.17) is 0 Å². The highest BCUT2D eigenvalue weighted by atomic mass is 15.1. The van der Waals surface area contributed by atoms with Crippen molar-refractivity contribution < 1.29 is 0 Å². The predicted octanol–water partition coefficient (Wildman–Crippen LogP) is 3.46. The second-order valence-electron chi connectivity index (χ2n) is 5.44. The summed E-state index contributed by atoms with van der Waals surface area (Å²) in [5.74, 6) is 0. The molecule has 0 fully saturated rings. The Bertz CT molecular complexity index is 475. The second-order valence-corrected chi connectivity index (χ2v) is 5.44. The highest BCUT2D eigenvalue weighted by Crippen LogP contribution is 2.26. The highest BCUT2D eigenvalue weighted by Gasteiger charge is 2.14. The van der Waals surface area contributed by atoms with Crippen LogP contribution in [0.3, 0.4) is 0 Å². The Kier molecular flexibility index (Phi) is 2.29. The SMILES string of the molecule is Cc1ccc(CC(C)(C)C)c2[nH]ncc12. The number of benzene rings is 1. The van der Waals surface area contributed by atoms with Gasteiger partial charge in [-0.25, -0.2) is 0 Å². The fourth-order valence-electron chi connectivity index (χ4n) is 1.95. The lowest BCUT2D eigenvalue weighted by atomic mass is 9.87. The van der Waals surface area contributed by atoms with Crippen molar-refractivity contribution in [3.8, 4) is 0 Å². The molecule has 2 rings (SSSR count). The van der Waals surface area contributed by atoms with E-state index in [1.54, 1.807) is 0 Å². The van der Waals surface area contributed by atoms with Crippen LogP contribution in [0.25, 0.3) is 10.9 Å². The Hall–Kier alpha value is -1.31. The first-order valence-electron chi connectivity index (χ1n) is 5.39. The molecule has 0 aliphatic heterocycles. The van der Waals surface area contributed by atoms with Crippen molar-refractivity contribution in [1.82, 2.24) is 10.2 Å². The van der Waals surface area contributed by atoms with Gasteiger partial charge < -0.3 is 0 Å². The van der Waals surface area contributed by atoms with Crippen LogP contribution in [0.5, 0.6) is 0 Å². The topological polar surface area (TPSA) is 28.7 Å². The molecule has 0 atom stereocenters. The van der Waals surface area contributed by atoms with Gasteiger partial charge >= 0.3 is 0 Å². The first-order valence-corrected chi connectivity index (χ1v) is 5.39. The Morgan fingerprint density at radius 3 is 2.67 bits per heavy atom. The summed E-state index contributed by atoms with van der Waals surface area (Å²) >= 11 is 0. The van der Waals surface area contributed by atoms with Crippen molar-refractivity contribution in [2.45, 2.75) is 34.1 Å². The number of hydrogen-bond donors (Lipinski definition) is 1. The molecule has 1 aromatic carbocycles. The van der Waals surface area contributed by atoms with E-state index >= 15 is 0 Å². The van der Waals surface area contributed by atoms with Crippen LogP contribution in [-0.2, 0) is 6.42 Å². The monoisotopic (exact) mass is 202 g/mol. The van der Waals surface area contributed by atoms with Gasteiger partial charge in [0.25, 0.3) is 0 Å². The lowest BCUT2D eigenvalue weighted by Crippen LogP contribution is -2.09. The molecule has 0 bridgehead atoms. The van der Waals surface area contributed by atoms with E-state index in [9.17, 15) is 0 Å². The van der Waals surface area contributed by atoms with Crippen molar-refractivity contribution in [1.29, 1.82) is 0 Å². The fourth-order valence-corrected chi connectivity index (χ4v) is 1.95. The zero-order chi connectivity index (χ0) is 11.1. The zero-order valence-electron chi connectivity index (χ0n) is 9.89. The van der Waals surface area contributed by atoms with Crippen LogP contribution in [0, 0.1) is 12.3 Å². The molecule has 0 saturated carbocycles. The Balaban J connectivity index is 2.53. The van der Waals surface area contributed by atoms with E-state index in [0.717, 1.165) is 6.42 Å².